The van der Waals surface area contributed by atoms with Crippen molar-refractivity contribution in [2.24, 2.45) is 0 Å². The van der Waals surface area contributed by atoms with E-state index in [1.54, 1.807) is 12.1 Å². The van der Waals surface area contributed by atoms with Crippen molar-refractivity contribution in [3.8, 4) is 5.75 Å². The van der Waals surface area contributed by atoms with Gasteiger partial charge in [-0.05, 0) is 17.7 Å². The maximum Gasteiger partial charge on any atom is 0.422 e. The van der Waals surface area contributed by atoms with Gasteiger partial charge in [-0.25, -0.2) is 0 Å². The van der Waals surface area contributed by atoms with E-state index < -0.39 is 12.8 Å². The van der Waals surface area contributed by atoms with Gasteiger partial charge in [-0.3, -0.25) is 4.79 Å². The molecule has 0 saturated carbocycles. The lowest BCUT2D eigenvalue weighted by Crippen LogP contribution is -2.41. The van der Waals surface area contributed by atoms with Gasteiger partial charge in [-0.15, -0.1) is 12.4 Å². The Kier molecular flexibility index (Phi) is 8.30. The molecular formula is C15H20ClF3N2O3. The molecule has 1 aromatic carbocycles. The molecule has 0 aromatic heterocycles. The second kappa shape index (κ2) is 9.71. The molecule has 1 aliphatic heterocycles. The monoisotopic (exact) mass is 368 g/mol. The van der Waals surface area contributed by atoms with Gasteiger partial charge < -0.3 is 20.1 Å². The molecule has 24 heavy (non-hydrogen) atoms. The van der Waals surface area contributed by atoms with E-state index in [1.165, 1.54) is 12.1 Å². The van der Waals surface area contributed by atoms with E-state index in [0.29, 0.717) is 19.7 Å². The van der Waals surface area contributed by atoms with Gasteiger partial charge in [-0.2, -0.15) is 13.2 Å². The number of halogens is 4. The maximum atomic E-state index is 12.0. The number of ether oxygens (including phenoxy) is 2. The van der Waals surface area contributed by atoms with Crippen molar-refractivity contribution in [1.29, 1.82) is 0 Å². The summed E-state index contributed by atoms with van der Waals surface area (Å²) in [6.45, 7) is 1.02. The average molecular weight is 369 g/mol. The Morgan fingerprint density at radius 2 is 2.04 bits per heavy atom. The van der Waals surface area contributed by atoms with Crippen molar-refractivity contribution in [3.05, 3.63) is 29.8 Å². The Hall–Kier alpha value is -1.51. The number of nitrogens with one attached hydrogen (secondary N) is 2. The fourth-order valence-electron chi connectivity index (χ4n) is 2.10. The molecule has 0 radical (unpaired) electrons. The quantitative estimate of drug-likeness (QED) is 0.807. The van der Waals surface area contributed by atoms with Crippen molar-refractivity contribution in [2.45, 2.75) is 25.2 Å². The van der Waals surface area contributed by atoms with Crippen molar-refractivity contribution in [1.82, 2.24) is 10.6 Å². The number of amides is 1. The summed E-state index contributed by atoms with van der Waals surface area (Å²) in [6, 6.07) is 6.12. The number of morpholine rings is 1. The zero-order valence-electron chi connectivity index (χ0n) is 12.9. The van der Waals surface area contributed by atoms with Crippen molar-refractivity contribution < 1.29 is 27.4 Å². The standard InChI is InChI=1S/C15H19F3N2O3.ClH/c16-15(17,18)10-23-12-3-1-11(2-4-12)8-20-14(21)7-13-9-19-5-6-22-13;/h1-4,13,19H,5-10H2,(H,20,21);1H. The van der Waals surface area contributed by atoms with E-state index in [2.05, 4.69) is 15.4 Å². The van der Waals surface area contributed by atoms with Crippen LogP contribution >= 0.6 is 12.4 Å². The van der Waals surface area contributed by atoms with Crippen LogP contribution in [0.4, 0.5) is 13.2 Å². The molecule has 1 aromatic rings. The predicted molar refractivity (Wildman–Crippen MR) is 84.3 cm³/mol. The Bertz CT molecular complexity index is 506. The lowest BCUT2D eigenvalue weighted by atomic mass is 10.2. The summed E-state index contributed by atoms with van der Waals surface area (Å²) in [4.78, 5) is 11.8. The van der Waals surface area contributed by atoms with Gasteiger partial charge in [0, 0.05) is 19.6 Å². The molecular weight excluding hydrogens is 349 g/mol. The van der Waals surface area contributed by atoms with Crippen LogP contribution in [0.15, 0.2) is 24.3 Å². The second-order valence-corrected chi connectivity index (χ2v) is 5.23. The summed E-state index contributed by atoms with van der Waals surface area (Å²) in [5.74, 6) is 0.00943. The maximum absolute atomic E-state index is 12.0. The number of carbonyl (C=O) groups is 1. The topological polar surface area (TPSA) is 59.6 Å². The van der Waals surface area contributed by atoms with Crippen LogP contribution in [0.3, 0.4) is 0 Å². The first-order valence-corrected chi connectivity index (χ1v) is 7.30. The number of benzene rings is 1. The molecule has 1 aliphatic rings. The number of alkyl halides is 3. The Morgan fingerprint density at radius 3 is 2.62 bits per heavy atom. The van der Waals surface area contributed by atoms with Gasteiger partial charge in [0.05, 0.1) is 19.1 Å². The van der Waals surface area contributed by atoms with Crippen LogP contribution in [0.25, 0.3) is 0 Å². The fraction of sp³-hybridized carbons (Fsp3) is 0.533. The Balaban J connectivity index is 0.00000288. The Labute approximate surface area is 144 Å². The molecule has 1 atom stereocenters. The minimum atomic E-state index is -4.36. The van der Waals surface area contributed by atoms with E-state index >= 15 is 0 Å². The third-order valence-electron chi connectivity index (χ3n) is 3.23. The lowest BCUT2D eigenvalue weighted by Gasteiger charge is -2.23. The third-order valence-corrected chi connectivity index (χ3v) is 3.23. The average Bonchev–Trinajstić information content (AvgIpc) is 2.52. The van der Waals surface area contributed by atoms with Crippen LogP contribution in [0.2, 0.25) is 0 Å². The van der Waals surface area contributed by atoms with Gasteiger partial charge >= 0.3 is 6.18 Å². The largest absolute Gasteiger partial charge is 0.484 e. The van der Waals surface area contributed by atoms with Gasteiger partial charge in [0.2, 0.25) is 5.91 Å². The van der Waals surface area contributed by atoms with Crippen LogP contribution in [-0.2, 0) is 16.1 Å². The fourth-order valence-corrected chi connectivity index (χ4v) is 2.10. The first-order valence-electron chi connectivity index (χ1n) is 7.30. The van der Waals surface area contributed by atoms with E-state index in [-0.39, 0.29) is 36.6 Å². The summed E-state index contributed by atoms with van der Waals surface area (Å²) in [7, 11) is 0. The van der Waals surface area contributed by atoms with Crippen LogP contribution in [-0.4, -0.2) is 44.5 Å². The minimum Gasteiger partial charge on any atom is -0.484 e. The van der Waals surface area contributed by atoms with Crippen molar-refractivity contribution in [2.75, 3.05) is 26.3 Å². The normalized spacial score (nSPS) is 17.7. The second-order valence-electron chi connectivity index (χ2n) is 5.23. The molecule has 0 aliphatic carbocycles. The number of hydrogen-bond acceptors (Lipinski definition) is 4. The predicted octanol–water partition coefficient (Wildman–Crippen LogP) is 2.04. The summed E-state index contributed by atoms with van der Waals surface area (Å²) in [6.07, 6.45) is -4.20. The number of carbonyl (C=O) groups excluding carboxylic acids is 1. The molecule has 5 nitrogen and oxygen atoms in total. The number of rotatable bonds is 6. The van der Waals surface area contributed by atoms with Crippen LogP contribution in [0.1, 0.15) is 12.0 Å². The molecule has 1 fully saturated rings. The molecule has 1 heterocycles. The van der Waals surface area contributed by atoms with Crippen molar-refractivity contribution >= 4 is 18.3 Å². The lowest BCUT2D eigenvalue weighted by molar-refractivity contribution is -0.153. The van der Waals surface area contributed by atoms with E-state index in [0.717, 1.165) is 12.1 Å². The van der Waals surface area contributed by atoms with E-state index in [9.17, 15) is 18.0 Å². The highest BCUT2D eigenvalue weighted by Crippen LogP contribution is 2.18. The number of hydrogen-bond donors (Lipinski definition) is 2. The summed E-state index contributed by atoms with van der Waals surface area (Å²) < 4.78 is 46.2. The third kappa shape index (κ3) is 7.85. The molecule has 0 bridgehead atoms. The molecule has 1 saturated heterocycles. The highest BCUT2D eigenvalue weighted by atomic mass is 35.5. The summed E-state index contributed by atoms with van der Waals surface area (Å²) >= 11 is 0. The molecule has 9 heteroatoms. The van der Waals surface area contributed by atoms with E-state index in [4.69, 9.17) is 4.74 Å². The molecule has 136 valence electrons. The summed E-state index contributed by atoms with van der Waals surface area (Å²) in [5, 5.41) is 5.90. The Morgan fingerprint density at radius 1 is 1.33 bits per heavy atom. The first kappa shape index (κ1) is 20.5. The van der Waals surface area contributed by atoms with Gasteiger partial charge in [-0.1, -0.05) is 12.1 Å². The molecule has 2 rings (SSSR count). The SMILES string of the molecule is Cl.O=C(CC1CNCCO1)NCc1ccc(OCC(F)(F)F)cc1. The zero-order chi connectivity index (χ0) is 16.7. The van der Waals surface area contributed by atoms with Crippen LogP contribution in [0.5, 0.6) is 5.75 Å². The highest BCUT2D eigenvalue weighted by molar-refractivity contribution is 5.85. The van der Waals surface area contributed by atoms with E-state index in [1.807, 2.05) is 0 Å². The van der Waals surface area contributed by atoms with Gasteiger partial charge in [0.25, 0.3) is 0 Å². The van der Waals surface area contributed by atoms with Gasteiger partial charge in [0.1, 0.15) is 5.75 Å². The zero-order valence-corrected chi connectivity index (χ0v) is 13.7. The minimum absolute atomic E-state index is 0. The summed E-state index contributed by atoms with van der Waals surface area (Å²) in [5.41, 5.74) is 0.778. The molecule has 1 amide bonds. The van der Waals surface area contributed by atoms with Gasteiger partial charge in [0.15, 0.2) is 6.61 Å². The van der Waals surface area contributed by atoms with Crippen LogP contribution < -0.4 is 15.4 Å². The van der Waals surface area contributed by atoms with Crippen LogP contribution in [0, 0.1) is 0 Å². The molecule has 1 unspecified atom stereocenters. The smallest absolute Gasteiger partial charge is 0.422 e. The first-order chi connectivity index (χ1) is 10.9. The van der Waals surface area contributed by atoms with Crippen molar-refractivity contribution in [3.63, 3.8) is 0 Å². The highest BCUT2D eigenvalue weighted by Gasteiger charge is 2.28. The molecule has 2 N–H and O–H groups in total. The molecule has 0 spiro atoms.